The third-order valence-corrected chi connectivity index (χ3v) is 4.17. The van der Waals surface area contributed by atoms with Gasteiger partial charge >= 0.3 is 0 Å². The summed E-state index contributed by atoms with van der Waals surface area (Å²) in [6.07, 6.45) is 2.31. The highest BCUT2D eigenvalue weighted by molar-refractivity contribution is 5.20. The summed E-state index contributed by atoms with van der Waals surface area (Å²) in [6.45, 7) is 9.76. The molecular formula is C17H27FN2. The van der Waals surface area contributed by atoms with Crippen LogP contribution in [0.5, 0.6) is 0 Å². The molecule has 1 heterocycles. The number of nitrogens with one attached hydrogen (secondary N) is 1. The maximum absolute atomic E-state index is 14.0. The van der Waals surface area contributed by atoms with Gasteiger partial charge in [-0.25, -0.2) is 4.39 Å². The third-order valence-electron chi connectivity index (χ3n) is 4.17. The Morgan fingerprint density at radius 2 is 2.05 bits per heavy atom. The predicted octanol–water partition coefficient (Wildman–Crippen LogP) is 3.60. The van der Waals surface area contributed by atoms with Gasteiger partial charge in [0.1, 0.15) is 5.82 Å². The van der Waals surface area contributed by atoms with Crippen molar-refractivity contribution in [3.05, 3.63) is 35.6 Å². The molecule has 0 bridgehead atoms. The van der Waals surface area contributed by atoms with Crippen molar-refractivity contribution in [1.29, 1.82) is 0 Å². The van der Waals surface area contributed by atoms with E-state index in [9.17, 15) is 4.39 Å². The van der Waals surface area contributed by atoms with Gasteiger partial charge in [-0.05, 0) is 38.3 Å². The van der Waals surface area contributed by atoms with E-state index in [1.54, 1.807) is 12.1 Å². The fourth-order valence-corrected chi connectivity index (χ4v) is 3.12. The Morgan fingerprint density at radius 3 is 2.75 bits per heavy atom. The lowest BCUT2D eigenvalue weighted by Gasteiger charge is -2.31. The van der Waals surface area contributed by atoms with Crippen molar-refractivity contribution in [2.24, 2.45) is 5.92 Å². The van der Waals surface area contributed by atoms with E-state index in [-0.39, 0.29) is 11.9 Å². The minimum Gasteiger partial charge on any atom is -0.313 e. The minimum absolute atomic E-state index is 0.0855. The minimum atomic E-state index is -0.0855. The van der Waals surface area contributed by atoms with Crippen LogP contribution in [-0.2, 0) is 0 Å². The average molecular weight is 278 g/mol. The summed E-state index contributed by atoms with van der Waals surface area (Å²) in [6, 6.07) is 7.83. The number of rotatable bonds is 4. The van der Waals surface area contributed by atoms with E-state index in [0.717, 1.165) is 31.6 Å². The van der Waals surface area contributed by atoms with Crippen molar-refractivity contribution in [2.45, 2.75) is 45.7 Å². The van der Waals surface area contributed by atoms with Gasteiger partial charge in [-0.15, -0.1) is 0 Å². The Kier molecular flexibility index (Phi) is 5.55. The van der Waals surface area contributed by atoms with E-state index < -0.39 is 0 Å². The zero-order valence-corrected chi connectivity index (χ0v) is 12.9. The second-order valence-electron chi connectivity index (χ2n) is 6.33. The highest BCUT2D eigenvalue weighted by Crippen LogP contribution is 2.24. The molecule has 1 fully saturated rings. The number of hydrogen-bond acceptors (Lipinski definition) is 2. The molecule has 1 N–H and O–H groups in total. The Balaban J connectivity index is 2.07. The highest BCUT2D eigenvalue weighted by atomic mass is 19.1. The summed E-state index contributed by atoms with van der Waals surface area (Å²) in [5.74, 6) is 0.605. The van der Waals surface area contributed by atoms with Crippen LogP contribution in [0.2, 0.25) is 0 Å². The van der Waals surface area contributed by atoms with Gasteiger partial charge < -0.3 is 5.32 Å². The summed E-state index contributed by atoms with van der Waals surface area (Å²) in [7, 11) is 0. The van der Waals surface area contributed by atoms with E-state index in [1.165, 1.54) is 6.42 Å². The lowest BCUT2D eigenvalue weighted by Crippen LogP contribution is -2.39. The van der Waals surface area contributed by atoms with Gasteiger partial charge in [0.2, 0.25) is 0 Å². The van der Waals surface area contributed by atoms with E-state index in [4.69, 9.17) is 0 Å². The van der Waals surface area contributed by atoms with Crippen molar-refractivity contribution in [1.82, 2.24) is 10.2 Å². The molecule has 2 nitrogen and oxygen atoms in total. The van der Waals surface area contributed by atoms with Crippen molar-refractivity contribution < 1.29 is 4.39 Å². The summed E-state index contributed by atoms with van der Waals surface area (Å²) in [4.78, 5) is 2.42. The zero-order chi connectivity index (χ0) is 14.5. The topological polar surface area (TPSA) is 15.3 Å². The van der Waals surface area contributed by atoms with Crippen molar-refractivity contribution in [2.75, 3.05) is 19.6 Å². The molecule has 20 heavy (non-hydrogen) atoms. The molecule has 1 saturated heterocycles. The summed E-state index contributed by atoms with van der Waals surface area (Å²) >= 11 is 0. The van der Waals surface area contributed by atoms with Crippen molar-refractivity contribution in [3.63, 3.8) is 0 Å². The monoisotopic (exact) mass is 278 g/mol. The number of halogens is 1. The molecule has 0 aliphatic carbocycles. The molecule has 1 aliphatic rings. The summed E-state index contributed by atoms with van der Waals surface area (Å²) in [5.41, 5.74) is 0.817. The van der Waals surface area contributed by atoms with Gasteiger partial charge in [-0.3, -0.25) is 4.90 Å². The molecule has 0 aromatic heterocycles. The van der Waals surface area contributed by atoms with Crippen LogP contribution in [0.25, 0.3) is 0 Å². The van der Waals surface area contributed by atoms with Crippen LogP contribution in [0.4, 0.5) is 4.39 Å². The van der Waals surface area contributed by atoms with Gasteiger partial charge in [0.25, 0.3) is 0 Å². The molecule has 0 radical (unpaired) electrons. The van der Waals surface area contributed by atoms with E-state index in [1.807, 2.05) is 12.1 Å². The van der Waals surface area contributed by atoms with E-state index in [0.29, 0.717) is 12.0 Å². The van der Waals surface area contributed by atoms with Crippen molar-refractivity contribution >= 4 is 0 Å². The molecule has 0 amide bonds. The molecule has 0 saturated carbocycles. The van der Waals surface area contributed by atoms with Gasteiger partial charge in [0.05, 0.1) is 0 Å². The maximum atomic E-state index is 14.0. The van der Waals surface area contributed by atoms with Crippen LogP contribution in [0, 0.1) is 11.7 Å². The molecule has 1 aromatic rings. The second-order valence-corrected chi connectivity index (χ2v) is 6.33. The fourth-order valence-electron chi connectivity index (χ4n) is 3.12. The molecule has 1 aromatic carbocycles. The second kappa shape index (κ2) is 7.19. The molecule has 1 aliphatic heterocycles. The Morgan fingerprint density at radius 1 is 1.30 bits per heavy atom. The smallest absolute Gasteiger partial charge is 0.127 e. The first kappa shape index (κ1) is 15.5. The SMILES string of the molecule is CC(C)CC1CN(C(C)c2ccccc2F)CCCN1. The van der Waals surface area contributed by atoms with Gasteiger partial charge in [0.15, 0.2) is 0 Å². The molecule has 2 unspecified atom stereocenters. The Hall–Kier alpha value is -0.930. The van der Waals surface area contributed by atoms with Gasteiger partial charge in [-0.1, -0.05) is 32.0 Å². The maximum Gasteiger partial charge on any atom is 0.127 e. The van der Waals surface area contributed by atoms with Crippen LogP contribution < -0.4 is 5.32 Å². The van der Waals surface area contributed by atoms with Crippen LogP contribution in [0.3, 0.4) is 0 Å². The highest BCUT2D eigenvalue weighted by Gasteiger charge is 2.24. The van der Waals surface area contributed by atoms with Gasteiger partial charge in [0, 0.05) is 30.7 Å². The third kappa shape index (κ3) is 4.03. The predicted molar refractivity (Wildman–Crippen MR) is 82.3 cm³/mol. The Bertz CT molecular complexity index is 419. The zero-order valence-electron chi connectivity index (χ0n) is 12.9. The quantitative estimate of drug-likeness (QED) is 0.905. The molecule has 2 rings (SSSR count). The first-order valence-corrected chi connectivity index (χ1v) is 7.79. The lowest BCUT2D eigenvalue weighted by atomic mass is 10.0. The van der Waals surface area contributed by atoms with E-state index in [2.05, 4.69) is 31.0 Å². The number of nitrogens with zero attached hydrogens (tertiary/aromatic N) is 1. The molecule has 0 spiro atoms. The first-order valence-electron chi connectivity index (χ1n) is 7.79. The van der Waals surface area contributed by atoms with E-state index >= 15 is 0 Å². The van der Waals surface area contributed by atoms with Crippen molar-refractivity contribution in [3.8, 4) is 0 Å². The molecule has 3 heteroatoms. The standard InChI is InChI=1S/C17H27FN2/c1-13(2)11-15-12-20(10-6-9-19-15)14(3)16-7-4-5-8-17(16)18/h4-5,7-8,13-15,19H,6,9-12H2,1-3H3. The van der Waals surface area contributed by atoms with Crippen LogP contribution in [-0.4, -0.2) is 30.6 Å². The summed E-state index contributed by atoms with van der Waals surface area (Å²) < 4.78 is 14.0. The van der Waals surface area contributed by atoms with Crippen LogP contribution >= 0.6 is 0 Å². The molecule has 2 atom stereocenters. The summed E-state index contributed by atoms with van der Waals surface area (Å²) in [5, 5.41) is 3.63. The largest absolute Gasteiger partial charge is 0.313 e. The average Bonchev–Trinajstić information content (AvgIpc) is 2.63. The normalized spacial score (nSPS) is 22.8. The fraction of sp³-hybridized carbons (Fsp3) is 0.647. The number of hydrogen-bond donors (Lipinski definition) is 1. The first-order chi connectivity index (χ1) is 9.58. The Labute approximate surface area is 122 Å². The lowest BCUT2D eigenvalue weighted by molar-refractivity contribution is 0.196. The molecule has 112 valence electrons. The molecular weight excluding hydrogens is 251 g/mol. The van der Waals surface area contributed by atoms with Gasteiger partial charge in [-0.2, -0.15) is 0 Å². The van der Waals surface area contributed by atoms with Crippen LogP contribution in [0.1, 0.15) is 45.2 Å². The number of benzene rings is 1. The van der Waals surface area contributed by atoms with Crippen LogP contribution in [0.15, 0.2) is 24.3 Å².